The first-order valence-electron chi connectivity index (χ1n) is 6.84. The highest BCUT2D eigenvalue weighted by molar-refractivity contribution is 6.00. The fraction of sp³-hybridized carbons (Fsp3) is 0.562. The Morgan fingerprint density at radius 1 is 1.26 bits per heavy atom. The number of benzene rings is 1. The Kier molecular flexibility index (Phi) is 5.55. The minimum absolute atomic E-state index is 0.0804. The summed E-state index contributed by atoms with van der Waals surface area (Å²) in [6.45, 7) is 8.63. The van der Waals surface area contributed by atoms with Crippen LogP contribution < -0.4 is 10.5 Å². The zero-order valence-electron chi connectivity index (χ0n) is 12.6. The molecule has 0 saturated carbocycles. The van der Waals surface area contributed by atoms with Crippen molar-refractivity contribution >= 4 is 5.78 Å². The zero-order valence-corrected chi connectivity index (χ0v) is 12.6. The molecule has 0 bridgehead atoms. The first-order chi connectivity index (χ1) is 8.92. The molecule has 0 aliphatic carbocycles. The van der Waals surface area contributed by atoms with Crippen molar-refractivity contribution in [1.29, 1.82) is 0 Å². The molecule has 0 spiro atoms. The first-order valence-corrected chi connectivity index (χ1v) is 6.84. The number of Topliss-reactive ketones (excluding diaryl/α,β-unsaturated/α-hetero) is 1. The molecule has 0 fully saturated rings. The van der Waals surface area contributed by atoms with Gasteiger partial charge in [0.2, 0.25) is 0 Å². The predicted molar refractivity (Wildman–Crippen MR) is 78.8 cm³/mol. The average molecular weight is 263 g/mol. The molecule has 0 aliphatic heterocycles. The van der Waals surface area contributed by atoms with Gasteiger partial charge in [-0.1, -0.05) is 33.8 Å². The van der Waals surface area contributed by atoms with E-state index >= 15 is 0 Å². The molecular weight excluding hydrogens is 238 g/mol. The molecule has 106 valence electrons. The van der Waals surface area contributed by atoms with Crippen LogP contribution in [0.25, 0.3) is 0 Å². The van der Waals surface area contributed by atoms with Crippen molar-refractivity contribution in [1.82, 2.24) is 0 Å². The minimum atomic E-state index is -0.156. The second-order valence-corrected chi connectivity index (χ2v) is 5.56. The van der Waals surface area contributed by atoms with Gasteiger partial charge < -0.3 is 10.5 Å². The number of nitrogens with two attached hydrogens (primary N) is 1. The van der Waals surface area contributed by atoms with Crippen LogP contribution in [-0.4, -0.2) is 19.4 Å². The van der Waals surface area contributed by atoms with Crippen LogP contribution in [0, 0.1) is 11.8 Å². The summed E-state index contributed by atoms with van der Waals surface area (Å²) in [4.78, 5) is 12.6. The van der Waals surface area contributed by atoms with Crippen molar-refractivity contribution in [3.05, 3.63) is 29.3 Å². The van der Waals surface area contributed by atoms with Crippen LogP contribution in [0.5, 0.6) is 5.75 Å². The van der Waals surface area contributed by atoms with Crippen molar-refractivity contribution in [2.24, 2.45) is 17.6 Å². The predicted octanol–water partition coefficient (Wildman–Crippen LogP) is 3.23. The van der Waals surface area contributed by atoms with E-state index in [-0.39, 0.29) is 17.6 Å². The number of ketones is 1. The first kappa shape index (κ1) is 15.7. The number of hydrogen-bond acceptors (Lipinski definition) is 3. The molecule has 0 amide bonds. The maximum atomic E-state index is 12.6. The van der Waals surface area contributed by atoms with Gasteiger partial charge in [-0.05, 0) is 29.5 Å². The number of methoxy groups -OCH3 is 1. The van der Waals surface area contributed by atoms with E-state index in [2.05, 4.69) is 13.8 Å². The Labute approximate surface area is 116 Å². The monoisotopic (exact) mass is 263 g/mol. The van der Waals surface area contributed by atoms with Crippen LogP contribution in [0.3, 0.4) is 0 Å². The van der Waals surface area contributed by atoms with Gasteiger partial charge in [-0.15, -0.1) is 0 Å². The van der Waals surface area contributed by atoms with Crippen molar-refractivity contribution in [3.8, 4) is 5.75 Å². The molecule has 0 aromatic heterocycles. The molecule has 0 radical (unpaired) electrons. The number of rotatable bonds is 6. The molecule has 0 aliphatic rings. The molecule has 0 saturated heterocycles. The normalized spacial score (nSPS) is 12.8. The average Bonchev–Trinajstić information content (AvgIpc) is 2.38. The summed E-state index contributed by atoms with van der Waals surface area (Å²) in [5, 5.41) is 0. The third-order valence-electron chi connectivity index (χ3n) is 3.55. The molecule has 1 unspecified atom stereocenters. The Bertz CT molecular complexity index is 438. The van der Waals surface area contributed by atoms with Gasteiger partial charge in [-0.3, -0.25) is 4.79 Å². The third kappa shape index (κ3) is 3.57. The highest BCUT2D eigenvalue weighted by atomic mass is 16.5. The Hall–Kier alpha value is -1.35. The topological polar surface area (TPSA) is 52.3 Å². The van der Waals surface area contributed by atoms with Gasteiger partial charge in [0.25, 0.3) is 0 Å². The van der Waals surface area contributed by atoms with Crippen LogP contribution in [0.1, 0.15) is 49.5 Å². The third-order valence-corrected chi connectivity index (χ3v) is 3.55. The SMILES string of the molecule is COc1ccc(C(C)C)cc1C(=O)C(CN)C(C)C. The molecule has 3 nitrogen and oxygen atoms in total. The second kappa shape index (κ2) is 6.71. The fourth-order valence-electron chi connectivity index (χ4n) is 2.16. The lowest BCUT2D eigenvalue weighted by Crippen LogP contribution is -2.28. The van der Waals surface area contributed by atoms with Gasteiger partial charge in [0.05, 0.1) is 12.7 Å². The molecule has 1 aromatic carbocycles. The summed E-state index contributed by atoms with van der Waals surface area (Å²) in [5.74, 6) is 1.17. The van der Waals surface area contributed by atoms with E-state index in [0.717, 1.165) is 5.56 Å². The van der Waals surface area contributed by atoms with Crippen molar-refractivity contribution in [2.45, 2.75) is 33.6 Å². The maximum absolute atomic E-state index is 12.6. The lowest BCUT2D eigenvalue weighted by Gasteiger charge is -2.20. The van der Waals surface area contributed by atoms with Gasteiger partial charge in [0, 0.05) is 12.5 Å². The number of carbonyl (C=O) groups is 1. The molecule has 3 heteroatoms. The van der Waals surface area contributed by atoms with Crippen LogP contribution in [0.2, 0.25) is 0 Å². The van der Waals surface area contributed by atoms with Crippen LogP contribution in [0.4, 0.5) is 0 Å². The smallest absolute Gasteiger partial charge is 0.171 e. The van der Waals surface area contributed by atoms with Crippen molar-refractivity contribution in [2.75, 3.05) is 13.7 Å². The highest BCUT2D eigenvalue weighted by Crippen LogP contribution is 2.28. The van der Waals surface area contributed by atoms with E-state index in [1.807, 2.05) is 32.0 Å². The molecule has 0 heterocycles. The number of hydrogen-bond donors (Lipinski definition) is 1. The molecule has 2 N–H and O–H groups in total. The zero-order chi connectivity index (χ0) is 14.6. The van der Waals surface area contributed by atoms with Crippen molar-refractivity contribution < 1.29 is 9.53 Å². The van der Waals surface area contributed by atoms with Gasteiger partial charge >= 0.3 is 0 Å². The van der Waals surface area contributed by atoms with Crippen LogP contribution in [-0.2, 0) is 0 Å². The van der Waals surface area contributed by atoms with E-state index in [9.17, 15) is 4.79 Å². The van der Waals surface area contributed by atoms with E-state index in [0.29, 0.717) is 23.8 Å². The van der Waals surface area contributed by atoms with E-state index in [4.69, 9.17) is 10.5 Å². The summed E-state index contributed by atoms with van der Waals surface area (Å²) in [6, 6.07) is 5.82. The Morgan fingerprint density at radius 2 is 1.89 bits per heavy atom. The standard InChI is InChI=1S/C16H25NO2/c1-10(2)12-6-7-15(19-5)13(8-12)16(18)14(9-17)11(3)4/h6-8,10-11,14H,9,17H2,1-5H3. The lowest BCUT2D eigenvalue weighted by atomic mass is 9.86. The number of ether oxygens (including phenoxy) is 1. The molecule has 1 rings (SSSR count). The van der Waals surface area contributed by atoms with Crippen LogP contribution in [0.15, 0.2) is 18.2 Å². The van der Waals surface area contributed by atoms with Gasteiger partial charge in [-0.2, -0.15) is 0 Å². The summed E-state index contributed by atoms with van der Waals surface area (Å²) in [7, 11) is 1.59. The number of carbonyl (C=O) groups excluding carboxylic acids is 1. The minimum Gasteiger partial charge on any atom is -0.496 e. The van der Waals surface area contributed by atoms with E-state index < -0.39 is 0 Å². The Morgan fingerprint density at radius 3 is 2.32 bits per heavy atom. The van der Waals surface area contributed by atoms with Crippen molar-refractivity contribution in [3.63, 3.8) is 0 Å². The quantitative estimate of drug-likeness (QED) is 0.802. The summed E-state index contributed by atoms with van der Waals surface area (Å²) < 4.78 is 5.31. The molecule has 1 aromatic rings. The molecule has 19 heavy (non-hydrogen) atoms. The van der Waals surface area contributed by atoms with Gasteiger partial charge in [0.1, 0.15) is 5.75 Å². The second-order valence-electron chi connectivity index (χ2n) is 5.56. The van der Waals surface area contributed by atoms with E-state index in [1.54, 1.807) is 7.11 Å². The summed E-state index contributed by atoms with van der Waals surface area (Å²) in [6.07, 6.45) is 0. The fourth-order valence-corrected chi connectivity index (χ4v) is 2.16. The van der Waals surface area contributed by atoms with Crippen LogP contribution >= 0.6 is 0 Å². The lowest BCUT2D eigenvalue weighted by molar-refractivity contribution is 0.0889. The summed E-state index contributed by atoms with van der Waals surface area (Å²) in [5.41, 5.74) is 7.53. The van der Waals surface area contributed by atoms with E-state index in [1.165, 1.54) is 0 Å². The highest BCUT2D eigenvalue weighted by Gasteiger charge is 2.25. The maximum Gasteiger partial charge on any atom is 0.171 e. The molecule has 1 atom stereocenters. The largest absolute Gasteiger partial charge is 0.496 e. The van der Waals surface area contributed by atoms with Gasteiger partial charge in [-0.25, -0.2) is 0 Å². The van der Waals surface area contributed by atoms with Gasteiger partial charge in [0.15, 0.2) is 5.78 Å². The summed E-state index contributed by atoms with van der Waals surface area (Å²) >= 11 is 0. The molecular formula is C16H25NO2. The Balaban J connectivity index is 3.22.